The molecular formula is C22H10N4. The number of aromatic nitrogens is 2. The number of fused-ring (bicyclic) bond motifs is 7. The molecule has 0 unspecified atom stereocenters. The Morgan fingerprint density at radius 3 is 1.42 bits per heavy atom. The molecule has 2 heterocycles. The first kappa shape index (κ1) is 14.3. The lowest BCUT2D eigenvalue weighted by Crippen LogP contribution is -1.95. The number of pyridine rings is 2. The topological polar surface area (TPSA) is 73.4 Å². The summed E-state index contributed by atoms with van der Waals surface area (Å²) in [6.07, 6.45) is 3.45. The average molecular weight is 330 g/mol. The lowest BCUT2D eigenvalue weighted by molar-refractivity contribution is 1.38. The summed E-state index contributed by atoms with van der Waals surface area (Å²) < 4.78 is 0. The molecule has 26 heavy (non-hydrogen) atoms. The predicted octanol–water partition coefficient (Wildman–Crippen LogP) is 4.83. The van der Waals surface area contributed by atoms with Gasteiger partial charge >= 0.3 is 0 Å². The van der Waals surface area contributed by atoms with Crippen molar-refractivity contribution in [3.63, 3.8) is 0 Å². The maximum absolute atomic E-state index is 9.96. The molecule has 0 saturated heterocycles. The molecule has 5 aromatic rings. The molecule has 4 nitrogen and oxygen atoms in total. The van der Waals surface area contributed by atoms with Gasteiger partial charge in [0.05, 0.1) is 22.2 Å². The summed E-state index contributed by atoms with van der Waals surface area (Å²) in [4.78, 5) is 9.03. The van der Waals surface area contributed by atoms with Gasteiger partial charge in [-0.3, -0.25) is 9.97 Å². The van der Waals surface area contributed by atoms with E-state index in [4.69, 9.17) is 0 Å². The third-order valence-corrected chi connectivity index (χ3v) is 4.82. The van der Waals surface area contributed by atoms with Crippen molar-refractivity contribution in [2.45, 2.75) is 0 Å². The normalized spacial score (nSPS) is 11.0. The van der Waals surface area contributed by atoms with Gasteiger partial charge in [0.1, 0.15) is 12.1 Å². The molecule has 0 atom stereocenters. The standard InChI is InChI=1S/C22H10N4/c23-11-17-13-5-1-2-6-14(13)18(12-24)20-16-8-4-10-26-22(16)21-15(19(17)20)7-3-9-25-21/h1-10H. The first-order chi connectivity index (χ1) is 12.8. The number of hydrogen-bond acceptors (Lipinski definition) is 4. The minimum absolute atomic E-state index is 0.568. The molecule has 5 rings (SSSR count). The Kier molecular flexibility index (Phi) is 2.89. The van der Waals surface area contributed by atoms with Crippen molar-refractivity contribution >= 4 is 43.4 Å². The van der Waals surface area contributed by atoms with Gasteiger partial charge in [0, 0.05) is 44.7 Å². The van der Waals surface area contributed by atoms with Gasteiger partial charge in [0.2, 0.25) is 0 Å². The van der Waals surface area contributed by atoms with Crippen LogP contribution in [0.15, 0.2) is 60.9 Å². The number of benzene rings is 3. The molecule has 0 fully saturated rings. The Morgan fingerprint density at radius 2 is 1.00 bits per heavy atom. The smallest absolute Gasteiger partial charge is 0.100 e. The fraction of sp³-hybridized carbons (Fsp3) is 0. The monoisotopic (exact) mass is 330 g/mol. The molecule has 118 valence electrons. The van der Waals surface area contributed by atoms with Crippen LogP contribution in [0, 0.1) is 22.7 Å². The maximum atomic E-state index is 9.96. The van der Waals surface area contributed by atoms with Gasteiger partial charge in [-0.15, -0.1) is 0 Å². The van der Waals surface area contributed by atoms with E-state index in [1.807, 2.05) is 48.5 Å². The highest BCUT2D eigenvalue weighted by atomic mass is 14.7. The summed E-state index contributed by atoms with van der Waals surface area (Å²) in [5.41, 5.74) is 2.62. The van der Waals surface area contributed by atoms with Gasteiger partial charge in [0.15, 0.2) is 0 Å². The second-order valence-electron chi connectivity index (χ2n) is 6.07. The van der Waals surface area contributed by atoms with Crippen molar-refractivity contribution in [1.29, 1.82) is 10.5 Å². The first-order valence-electron chi connectivity index (χ1n) is 8.15. The lowest BCUT2D eigenvalue weighted by Gasteiger charge is -2.14. The van der Waals surface area contributed by atoms with Gasteiger partial charge < -0.3 is 0 Å². The summed E-state index contributed by atoms with van der Waals surface area (Å²) in [6, 6.07) is 19.9. The van der Waals surface area contributed by atoms with Crippen molar-refractivity contribution in [2.75, 3.05) is 0 Å². The van der Waals surface area contributed by atoms with Crippen LogP contribution in [0.25, 0.3) is 43.4 Å². The predicted molar refractivity (Wildman–Crippen MR) is 101 cm³/mol. The second kappa shape index (κ2) is 5.24. The van der Waals surface area contributed by atoms with Crippen molar-refractivity contribution < 1.29 is 0 Å². The summed E-state index contributed by atoms with van der Waals surface area (Å²) >= 11 is 0. The molecule has 0 amide bonds. The Hall–Kier alpha value is -4.02. The van der Waals surface area contributed by atoms with Crippen molar-refractivity contribution in [2.24, 2.45) is 0 Å². The average Bonchev–Trinajstić information content (AvgIpc) is 2.72. The Bertz CT molecular complexity index is 1340. The van der Waals surface area contributed by atoms with Gasteiger partial charge in [-0.2, -0.15) is 10.5 Å². The first-order valence-corrected chi connectivity index (χ1v) is 8.15. The van der Waals surface area contributed by atoms with E-state index in [1.54, 1.807) is 12.4 Å². The third kappa shape index (κ3) is 1.70. The van der Waals surface area contributed by atoms with E-state index in [0.717, 1.165) is 43.4 Å². The van der Waals surface area contributed by atoms with E-state index >= 15 is 0 Å². The SMILES string of the molecule is N#Cc1c2ccccc2c(C#N)c2c3cccnc3c3ncccc3c12. The lowest BCUT2D eigenvalue weighted by atomic mass is 9.88. The highest BCUT2D eigenvalue weighted by molar-refractivity contribution is 6.29. The molecule has 2 aromatic heterocycles. The fourth-order valence-electron chi connectivity index (χ4n) is 3.80. The van der Waals surface area contributed by atoms with Crippen LogP contribution in [0.3, 0.4) is 0 Å². The Labute approximate surface area is 148 Å². The maximum Gasteiger partial charge on any atom is 0.100 e. The molecule has 3 aromatic carbocycles. The molecule has 0 radical (unpaired) electrons. The van der Waals surface area contributed by atoms with Crippen LogP contribution in [-0.4, -0.2) is 9.97 Å². The van der Waals surface area contributed by atoms with E-state index in [2.05, 4.69) is 22.1 Å². The van der Waals surface area contributed by atoms with Crippen LogP contribution in [0.1, 0.15) is 11.1 Å². The van der Waals surface area contributed by atoms with Gasteiger partial charge in [-0.1, -0.05) is 36.4 Å². The number of rotatable bonds is 0. The molecular weight excluding hydrogens is 320 g/mol. The quantitative estimate of drug-likeness (QED) is 0.301. The van der Waals surface area contributed by atoms with Crippen LogP contribution in [0.4, 0.5) is 0 Å². The largest absolute Gasteiger partial charge is 0.254 e. The summed E-state index contributed by atoms with van der Waals surface area (Å²) in [5, 5.41) is 24.7. The van der Waals surface area contributed by atoms with Crippen LogP contribution in [0.5, 0.6) is 0 Å². The van der Waals surface area contributed by atoms with Gasteiger partial charge in [0.25, 0.3) is 0 Å². The zero-order valence-corrected chi connectivity index (χ0v) is 13.6. The number of nitriles is 2. The van der Waals surface area contributed by atoms with E-state index < -0.39 is 0 Å². The summed E-state index contributed by atoms with van der Waals surface area (Å²) in [7, 11) is 0. The molecule has 0 aliphatic carbocycles. The van der Waals surface area contributed by atoms with Crippen LogP contribution >= 0.6 is 0 Å². The van der Waals surface area contributed by atoms with Crippen LogP contribution < -0.4 is 0 Å². The highest BCUT2D eigenvalue weighted by Crippen LogP contribution is 2.40. The summed E-state index contributed by atoms with van der Waals surface area (Å²) in [6.45, 7) is 0. The number of nitrogens with zero attached hydrogens (tertiary/aromatic N) is 4. The van der Waals surface area contributed by atoms with E-state index in [-0.39, 0.29) is 0 Å². The van der Waals surface area contributed by atoms with Crippen molar-refractivity contribution in [3.8, 4) is 12.1 Å². The van der Waals surface area contributed by atoms with E-state index in [0.29, 0.717) is 11.1 Å². The Morgan fingerprint density at radius 1 is 0.577 bits per heavy atom. The fourth-order valence-corrected chi connectivity index (χ4v) is 3.80. The minimum Gasteiger partial charge on any atom is -0.254 e. The second-order valence-corrected chi connectivity index (χ2v) is 6.07. The zero-order chi connectivity index (χ0) is 17.7. The van der Waals surface area contributed by atoms with E-state index in [9.17, 15) is 10.5 Å². The van der Waals surface area contributed by atoms with Crippen LogP contribution in [0.2, 0.25) is 0 Å². The van der Waals surface area contributed by atoms with E-state index in [1.165, 1.54) is 0 Å². The summed E-state index contributed by atoms with van der Waals surface area (Å²) in [5.74, 6) is 0. The molecule has 0 aliphatic rings. The zero-order valence-electron chi connectivity index (χ0n) is 13.6. The molecule has 0 saturated carbocycles. The minimum atomic E-state index is 0.568. The van der Waals surface area contributed by atoms with Crippen molar-refractivity contribution in [3.05, 3.63) is 72.1 Å². The van der Waals surface area contributed by atoms with Gasteiger partial charge in [-0.25, -0.2) is 0 Å². The van der Waals surface area contributed by atoms with Crippen molar-refractivity contribution in [1.82, 2.24) is 9.97 Å². The third-order valence-electron chi connectivity index (χ3n) is 4.82. The molecule has 0 aliphatic heterocycles. The van der Waals surface area contributed by atoms with Crippen LogP contribution in [-0.2, 0) is 0 Å². The molecule has 0 N–H and O–H groups in total. The van der Waals surface area contributed by atoms with Gasteiger partial charge in [-0.05, 0) is 12.1 Å². The Balaban J connectivity index is 2.31. The molecule has 0 spiro atoms. The molecule has 4 heteroatoms. The number of hydrogen-bond donors (Lipinski definition) is 0. The molecule has 0 bridgehead atoms. The highest BCUT2D eigenvalue weighted by Gasteiger charge is 2.20.